The normalized spacial score (nSPS) is 20.3. The molecule has 1 saturated carbocycles. The number of hydrogen-bond donors (Lipinski definition) is 1. The molecule has 0 bridgehead atoms. The van der Waals surface area contributed by atoms with Gasteiger partial charge in [0, 0.05) is 12.6 Å². The lowest BCUT2D eigenvalue weighted by molar-refractivity contribution is 0.218. The van der Waals surface area contributed by atoms with Crippen LogP contribution in [-0.4, -0.2) is 29.6 Å². The SMILES string of the molecule is CC(C)CCN(CC(C)(N)C#N)C1CC1. The van der Waals surface area contributed by atoms with Gasteiger partial charge in [0.1, 0.15) is 5.54 Å². The molecule has 15 heavy (non-hydrogen) atoms. The number of hydrogen-bond acceptors (Lipinski definition) is 3. The van der Waals surface area contributed by atoms with Gasteiger partial charge in [-0.25, -0.2) is 0 Å². The fraction of sp³-hybridized carbons (Fsp3) is 0.917. The third-order valence-corrected chi connectivity index (χ3v) is 2.84. The smallest absolute Gasteiger partial charge is 0.114 e. The first-order valence-electron chi connectivity index (χ1n) is 5.89. The van der Waals surface area contributed by atoms with E-state index in [0.29, 0.717) is 12.6 Å². The Bertz CT molecular complexity index is 236. The summed E-state index contributed by atoms with van der Waals surface area (Å²) in [7, 11) is 0. The molecule has 1 unspecified atom stereocenters. The maximum Gasteiger partial charge on any atom is 0.114 e. The molecule has 1 atom stereocenters. The molecule has 0 aliphatic heterocycles. The summed E-state index contributed by atoms with van der Waals surface area (Å²) in [5.41, 5.74) is 5.19. The van der Waals surface area contributed by atoms with E-state index in [2.05, 4.69) is 24.8 Å². The average Bonchev–Trinajstić information content (AvgIpc) is 2.95. The molecule has 86 valence electrons. The second-order valence-electron chi connectivity index (χ2n) is 5.41. The van der Waals surface area contributed by atoms with Crippen molar-refractivity contribution in [3.8, 4) is 6.07 Å². The first kappa shape index (κ1) is 12.5. The highest BCUT2D eigenvalue weighted by Crippen LogP contribution is 2.28. The lowest BCUT2D eigenvalue weighted by atomic mass is 10.0. The molecule has 1 aliphatic carbocycles. The van der Waals surface area contributed by atoms with Gasteiger partial charge in [-0.05, 0) is 38.6 Å². The highest BCUT2D eigenvalue weighted by atomic mass is 15.2. The molecule has 1 fully saturated rings. The summed E-state index contributed by atoms with van der Waals surface area (Å²) in [5.74, 6) is 0.720. The van der Waals surface area contributed by atoms with Crippen LogP contribution in [0.25, 0.3) is 0 Å². The molecule has 1 aliphatic rings. The highest BCUT2D eigenvalue weighted by molar-refractivity contribution is 5.04. The minimum absolute atomic E-state index is 0.694. The average molecular weight is 209 g/mol. The van der Waals surface area contributed by atoms with Crippen molar-refractivity contribution in [2.75, 3.05) is 13.1 Å². The van der Waals surface area contributed by atoms with Crippen molar-refractivity contribution in [2.24, 2.45) is 11.7 Å². The van der Waals surface area contributed by atoms with Gasteiger partial charge < -0.3 is 5.73 Å². The largest absolute Gasteiger partial charge is 0.313 e. The summed E-state index contributed by atoms with van der Waals surface area (Å²) in [6, 6.07) is 2.87. The van der Waals surface area contributed by atoms with Crippen LogP contribution >= 0.6 is 0 Å². The molecule has 0 aromatic rings. The Kier molecular flexibility index (Phi) is 4.12. The molecule has 0 radical (unpaired) electrons. The van der Waals surface area contributed by atoms with Crippen LogP contribution in [0.15, 0.2) is 0 Å². The second-order valence-corrected chi connectivity index (χ2v) is 5.41. The standard InChI is InChI=1S/C12H23N3/c1-10(2)6-7-15(11-4-5-11)9-12(3,14)8-13/h10-11H,4-7,9,14H2,1-3H3. The minimum atomic E-state index is -0.695. The zero-order valence-electron chi connectivity index (χ0n) is 10.2. The molecule has 0 aromatic carbocycles. The van der Waals surface area contributed by atoms with Gasteiger partial charge >= 0.3 is 0 Å². The molecule has 0 spiro atoms. The number of nitrogens with two attached hydrogens (primary N) is 1. The van der Waals surface area contributed by atoms with Gasteiger partial charge in [0.05, 0.1) is 6.07 Å². The molecule has 0 heterocycles. The Labute approximate surface area is 93.2 Å². The molecule has 0 aromatic heterocycles. The van der Waals surface area contributed by atoms with Gasteiger partial charge in [0.25, 0.3) is 0 Å². The van der Waals surface area contributed by atoms with Crippen molar-refractivity contribution >= 4 is 0 Å². The molecule has 0 amide bonds. The van der Waals surface area contributed by atoms with Gasteiger partial charge in [0.15, 0.2) is 0 Å². The van der Waals surface area contributed by atoms with Crippen molar-refractivity contribution in [2.45, 2.75) is 51.6 Å². The van der Waals surface area contributed by atoms with Gasteiger partial charge in [0.2, 0.25) is 0 Å². The van der Waals surface area contributed by atoms with E-state index in [1.54, 1.807) is 0 Å². The molecular formula is C12H23N3. The summed E-state index contributed by atoms with van der Waals surface area (Å²) in [4.78, 5) is 2.39. The van der Waals surface area contributed by atoms with E-state index in [-0.39, 0.29) is 0 Å². The molecule has 2 N–H and O–H groups in total. The quantitative estimate of drug-likeness (QED) is 0.725. The topological polar surface area (TPSA) is 53.0 Å². The fourth-order valence-corrected chi connectivity index (χ4v) is 1.71. The number of nitriles is 1. The van der Waals surface area contributed by atoms with Gasteiger partial charge in [-0.1, -0.05) is 13.8 Å². The Morgan fingerprint density at radius 2 is 2.13 bits per heavy atom. The van der Waals surface area contributed by atoms with Crippen molar-refractivity contribution in [3.05, 3.63) is 0 Å². The Morgan fingerprint density at radius 1 is 1.53 bits per heavy atom. The highest BCUT2D eigenvalue weighted by Gasteiger charge is 2.32. The number of nitrogens with zero attached hydrogens (tertiary/aromatic N) is 2. The maximum atomic E-state index is 8.92. The van der Waals surface area contributed by atoms with Crippen LogP contribution in [0.2, 0.25) is 0 Å². The maximum absolute atomic E-state index is 8.92. The fourth-order valence-electron chi connectivity index (χ4n) is 1.71. The van der Waals surface area contributed by atoms with E-state index in [0.717, 1.165) is 12.5 Å². The third-order valence-electron chi connectivity index (χ3n) is 2.84. The predicted octanol–water partition coefficient (Wildman–Crippen LogP) is 1.74. The van der Waals surface area contributed by atoms with E-state index in [1.807, 2.05) is 6.92 Å². The van der Waals surface area contributed by atoms with E-state index < -0.39 is 5.54 Å². The van der Waals surface area contributed by atoms with Crippen LogP contribution in [0.4, 0.5) is 0 Å². The van der Waals surface area contributed by atoms with E-state index in [9.17, 15) is 0 Å². The third kappa shape index (κ3) is 4.63. The second kappa shape index (κ2) is 4.96. The Morgan fingerprint density at radius 3 is 2.53 bits per heavy atom. The van der Waals surface area contributed by atoms with Crippen LogP contribution in [0.5, 0.6) is 0 Å². The van der Waals surface area contributed by atoms with Gasteiger partial charge in [-0.2, -0.15) is 5.26 Å². The summed E-state index contributed by atoms with van der Waals surface area (Å²) in [6.07, 6.45) is 3.75. The zero-order chi connectivity index (χ0) is 11.5. The van der Waals surface area contributed by atoms with Crippen molar-refractivity contribution in [3.63, 3.8) is 0 Å². The van der Waals surface area contributed by atoms with Crippen molar-refractivity contribution in [1.29, 1.82) is 5.26 Å². The van der Waals surface area contributed by atoms with E-state index in [4.69, 9.17) is 11.0 Å². The predicted molar refractivity (Wildman–Crippen MR) is 62.3 cm³/mol. The molecule has 0 saturated heterocycles. The lowest BCUT2D eigenvalue weighted by Gasteiger charge is -2.28. The Balaban J connectivity index is 2.41. The van der Waals surface area contributed by atoms with E-state index in [1.165, 1.54) is 19.3 Å². The van der Waals surface area contributed by atoms with E-state index >= 15 is 0 Å². The Hall–Kier alpha value is -0.590. The lowest BCUT2D eigenvalue weighted by Crippen LogP contribution is -2.47. The van der Waals surface area contributed by atoms with Crippen LogP contribution in [0.3, 0.4) is 0 Å². The molecular weight excluding hydrogens is 186 g/mol. The van der Waals surface area contributed by atoms with Crippen LogP contribution in [-0.2, 0) is 0 Å². The zero-order valence-corrected chi connectivity index (χ0v) is 10.2. The first-order valence-corrected chi connectivity index (χ1v) is 5.89. The molecule has 1 rings (SSSR count). The monoisotopic (exact) mass is 209 g/mol. The van der Waals surface area contributed by atoms with Crippen molar-refractivity contribution < 1.29 is 0 Å². The van der Waals surface area contributed by atoms with Crippen LogP contribution in [0, 0.1) is 17.2 Å². The summed E-state index contributed by atoms with van der Waals surface area (Å²) in [5, 5.41) is 8.92. The van der Waals surface area contributed by atoms with Crippen molar-refractivity contribution in [1.82, 2.24) is 4.90 Å². The van der Waals surface area contributed by atoms with Gasteiger partial charge in [-0.3, -0.25) is 4.90 Å². The molecule has 3 nitrogen and oxygen atoms in total. The summed E-state index contributed by atoms with van der Waals surface area (Å²) in [6.45, 7) is 8.07. The summed E-state index contributed by atoms with van der Waals surface area (Å²) < 4.78 is 0. The van der Waals surface area contributed by atoms with Gasteiger partial charge in [-0.15, -0.1) is 0 Å². The van der Waals surface area contributed by atoms with Crippen LogP contribution < -0.4 is 5.73 Å². The molecule has 3 heteroatoms. The summed E-state index contributed by atoms with van der Waals surface area (Å²) >= 11 is 0. The number of rotatable bonds is 6. The van der Waals surface area contributed by atoms with Crippen LogP contribution in [0.1, 0.15) is 40.0 Å². The minimum Gasteiger partial charge on any atom is -0.313 e. The first-order chi connectivity index (χ1) is 6.94.